The predicted octanol–water partition coefficient (Wildman–Crippen LogP) is 1.90. The van der Waals surface area contributed by atoms with E-state index in [0.29, 0.717) is 6.04 Å². The fourth-order valence-corrected chi connectivity index (χ4v) is 2.09. The number of hydrogen-bond donors (Lipinski definition) is 1. The third-order valence-electron chi connectivity index (χ3n) is 2.45. The second kappa shape index (κ2) is 3.31. The first-order valence-electron chi connectivity index (χ1n) is 4.45. The van der Waals surface area contributed by atoms with Crippen LogP contribution in [0.3, 0.4) is 0 Å². The van der Waals surface area contributed by atoms with Crippen LogP contribution in [0.2, 0.25) is 0 Å². The fraction of sp³-hybridized carbons (Fsp3) is 0.400. The van der Waals surface area contributed by atoms with E-state index in [4.69, 9.17) is 5.73 Å². The molecule has 1 aromatic carbocycles. The second-order valence-corrected chi connectivity index (χ2v) is 4.39. The summed E-state index contributed by atoms with van der Waals surface area (Å²) in [7, 11) is 0. The Labute approximate surface area is 86.9 Å². The molecule has 1 unspecified atom stereocenters. The Bertz CT molecular complexity index is 325. The first-order chi connectivity index (χ1) is 6.22. The molecule has 0 radical (unpaired) electrons. The summed E-state index contributed by atoms with van der Waals surface area (Å²) in [5.74, 6) is 0. The molecule has 2 N–H and O–H groups in total. The standard InChI is InChI=1S/C10H13BrN2/c1-7-4-8(11)2-3-10(7)13-6-9(13)5-12/h2-4,9H,5-6,12H2,1H3. The van der Waals surface area contributed by atoms with Crippen LogP contribution in [0, 0.1) is 6.92 Å². The van der Waals surface area contributed by atoms with Crippen molar-refractivity contribution in [3.63, 3.8) is 0 Å². The molecule has 2 nitrogen and oxygen atoms in total. The van der Waals surface area contributed by atoms with Gasteiger partial charge in [-0.05, 0) is 30.7 Å². The van der Waals surface area contributed by atoms with Crippen molar-refractivity contribution in [3.8, 4) is 0 Å². The van der Waals surface area contributed by atoms with Crippen molar-refractivity contribution in [2.75, 3.05) is 18.0 Å². The number of halogens is 1. The van der Waals surface area contributed by atoms with Crippen molar-refractivity contribution in [2.24, 2.45) is 5.73 Å². The van der Waals surface area contributed by atoms with Crippen LogP contribution in [0.25, 0.3) is 0 Å². The van der Waals surface area contributed by atoms with Gasteiger partial charge in [0, 0.05) is 23.2 Å². The van der Waals surface area contributed by atoms with Crippen LogP contribution in [0.15, 0.2) is 22.7 Å². The summed E-state index contributed by atoms with van der Waals surface area (Å²) in [6.45, 7) is 4.00. The first kappa shape index (κ1) is 9.03. The van der Waals surface area contributed by atoms with Gasteiger partial charge in [-0.15, -0.1) is 0 Å². The van der Waals surface area contributed by atoms with Gasteiger partial charge in [-0.25, -0.2) is 0 Å². The van der Waals surface area contributed by atoms with E-state index in [0.717, 1.165) is 17.6 Å². The third kappa shape index (κ3) is 1.71. The average Bonchev–Trinajstić information content (AvgIpc) is 2.83. The van der Waals surface area contributed by atoms with Crippen molar-refractivity contribution in [1.29, 1.82) is 0 Å². The number of anilines is 1. The maximum absolute atomic E-state index is 5.59. The summed E-state index contributed by atoms with van der Waals surface area (Å²) in [5, 5.41) is 0. The Balaban J connectivity index is 2.22. The molecule has 2 rings (SSSR count). The van der Waals surface area contributed by atoms with Crippen LogP contribution in [0.4, 0.5) is 5.69 Å². The lowest BCUT2D eigenvalue weighted by Gasteiger charge is -2.08. The quantitative estimate of drug-likeness (QED) is 0.801. The maximum atomic E-state index is 5.59. The van der Waals surface area contributed by atoms with Gasteiger partial charge in [0.25, 0.3) is 0 Å². The van der Waals surface area contributed by atoms with Crippen molar-refractivity contribution in [3.05, 3.63) is 28.2 Å². The third-order valence-corrected chi connectivity index (χ3v) is 2.95. The highest BCUT2D eigenvalue weighted by molar-refractivity contribution is 9.10. The predicted molar refractivity (Wildman–Crippen MR) is 59.1 cm³/mol. The van der Waals surface area contributed by atoms with Crippen molar-refractivity contribution < 1.29 is 0 Å². The molecule has 0 bridgehead atoms. The zero-order chi connectivity index (χ0) is 9.42. The lowest BCUT2D eigenvalue weighted by molar-refractivity contribution is 0.965. The molecule has 1 aliphatic heterocycles. The number of hydrogen-bond acceptors (Lipinski definition) is 2. The molecule has 1 heterocycles. The van der Waals surface area contributed by atoms with Gasteiger partial charge in [0.2, 0.25) is 0 Å². The molecular formula is C10H13BrN2. The number of nitrogens with zero attached hydrogens (tertiary/aromatic N) is 1. The Kier molecular flexibility index (Phi) is 2.30. The van der Waals surface area contributed by atoms with Gasteiger partial charge in [-0.3, -0.25) is 0 Å². The van der Waals surface area contributed by atoms with Crippen LogP contribution in [0.1, 0.15) is 5.56 Å². The van der Waals surface area contributed by atoms with Crippen LogP contribution < -0.4 is 10.6 Å². The lowest BCUT2D eigenvalue weighted by atomic mass is 10.2. The molecule has 1 atom stereocenters. The summed E-state index contributed by atoms with van der Waals surface area (Å²) in [5.41, 5.74) is 8.22. The SMILES string of the molecule is Cc1cc(Br)ccc1N1CC1CN. The van der Waals surface area contributed by atoms with Gasteiger partial charge in [0.05, 0.1) is 6.04 Å². The summed E-state index contributed by atoms with van der Waals surface area (Å²) < 4.78 is 1.14. The van der Waals surface area contributed by atoms with Gasteiger partial charge in [-0.2, -0.15) is 0 Å². The number of benzene rings is 1. The number of nitrogens with two attached hydrogens (primary N) is 1. The molecule has 1 fully saturated rings. The Morgan fingerprint density at radius 3 is 2.92 bits per heavy atom. The van der Waals surface area contributed by atoms with Gasteiger partial charge < -0.3 is 10.6 Å². The van der Waals surface area contributed by atoms with Crippen molar-refractivity contribution in [2.45, 2.75) is 13.0 Å². The first-order valence-corrected chi connectivity index (χ1v) is 5.24. The normalized spacial score (nSPS) is 20.5. The summed E-state index contributed by atoms with van der Waals surface area (Å²) in [6, 6.07) is 6.93. The zero-order valence-electron chi connectivity index (χ0n) is 7.63. The van der Waals surface area contributed by atoms with E-state index in [1.807, 2.05) is 0 Å². The highest BCUT2D eigenvalue weighted by Gasteiger charge is 2.33. The van der Waals surface area contributed by atoms with Gasteiger partial charge in [0.1, 0.15) is 0 Å². The average molecular weight is 241 g/mol. The zero-order valence-corrected chi connectivity index (χ0v) is 9.21. The van der Waals surface area contributed by atoms with E-state index in [9.17, 15) is 0 Å². The summed E-state index contributed by atoms with van der Waals surface area (Å²) in [6.07, 6.45) is 0. The number of rotatable bonds is 2. The highest BCUT2D eigenvalue weighted by atomic mass is 79.9. The molecule has 1 aromatic rings. The van der Waals surface area contributed by atoms with E-state index in [1.54, 1.807) is 0 Å². The molecule has 3 heteroatoms. The minimum Gasteiger partial charge on any atom is -0.363 e. The van der Waals surface area contributed by atoms with Crippen LogP contribution in [0.5, 0.6) is 0 Å². The molecule has 0 aliphatic carbocycles. The van der Waals surface area contributed by atoms with E-state index in [-0.39, 0.29) is 0 Å². The molecular weight excluding hydrogens is 228 g/mol. The van der Waals surface area contributed by atoms with E-state index in [2.05, 4.69) is 46.0 Å². The fourth-order valence-electron chi connectivity index (χ4n) is 1.62. The minimum absolute atomic E-state index is 0.569. The molecule has 13 heavy (non-hydrogen) atoms. The summed E-state index contributed by atoms with van der Waals surface area (Å²) in [4.78, 5) is 2.34. The minimum atomic E-state index is 0.569. The molecule has 0 aromatic heterocycles. The molecule has 1 aliphatic rings. The van der Waals surface area contributed by atoms with Crippen molar-refractivity contribution in [1.82, 2.24) is 0 Å². The van der Waals surface area contributed by atoms with Crippen molar-refractivity contribution >= 4 is 21.6 Å². The Morgan fingerprint density at radius 1 is 1.62 bits per heavy atom. The lowest BCUT2D eigenvalue weighted by Crippen LogP contribution is -2.12. The van der Waals surface area contributed by atoms with Crippen LogP contribution in [-0.2, 0) is 0 Å². The van der Waals surface area contributed by atoms with E-state index in [1.165, 1.54) is 11.3 Å². The highest BCUT2D eigenvalue weighted by Crippen LogP contribution is 2.31. The van der Waals surface area contributed by atoms with Gasteiger partial charge >= 0.3 is 0 Å². The smallest absolute Gasteiger partial charge is 0.0588 e. The molecule has 0 saturated carbocycles. The Morgan fingerprint density at radius 2 is 2.38 bits per heavy atom. The van der Waals surface area contributed by atoms with Gasteiger partial charge in [0.15, 0.2) is 0 Å². The second-order valence-electron chi connectivity index (χ2n) is 3.47. The topological polar surface area (TPSA) is 29.0 Å². The van der Waals surface area contributed by atoms with E-state index < -0.39 is 0 Å². The Hall–Kier alpha value is -0.540. The maximum Gasteiger partial charge on any atom is 0.0588 e. The van der Waals surface area contributed by atoms with Crippen LogP contribution >= 0.6 is 15.9 Å². The van der Waals surface area contributed by atoms with Gasteiger partial charge in [-0.1, -0.05) is 15.9 Å². The molecule has 1 saturated heterocycles. The molecule has 0 spiro atoms. The molecule has 70 valence electrons. The monoisotopic (exact) mass is 240 g/mol. The summed E-state index contributed by atoms with van der Waals surface area (Å²) >= 11 is 3.45. The number of aryl methyl sites for hydroxylation is 1. The largest absolute Gasteiger partial charge is 0.363 e. The molecule has 0 amide bonds. The van der Waals surface area contributed by atoms with Crippen LogP contribution in [-0.4, -0.2) is 19.1 Å². The van der Waals surface area contributed by atoms with E-state index >= 15 is 0 Å².